The van der Waals surface area contributed by atoms with Crippen LogP contribution in [0.15, 0.2) is 72.6 Å². The molecule has 262 valence electrons. The Kier molecular flexibility index (Phi) is 8.82. The molecule has 7 rings (SSSR count). The average molecular weight is 677 g/mol. The summed E-state index contributed by atoms with van der Waals surface area (Å²) in [5.74, 6) is 2.09. The Balaban J connectivity index is 1.03. The molecular formula is C40H48N6O4. The summed E-state index contributed by atoms with van der Waals surface area (Å²) in [6, 6.07) is 16.4. The molecule has 10 heteroatoms. The predicted molar refractivity (Wildman–Crippen MR) is 193 cm³/mol. The lowest BCUT2D eigenvalue weighted by molar-refractivity contribution is 0.00847. The highest BCUT2D eigenvalue weighted by atomic mass is 16.6. The Morgan fingerprint density at radius 2 is 1.18 bits per heavy atom. The van der Waals surface area contributed by atoms with Crippen molar-refractivity contribution in [1.29, 1.82) is 0 Å². The molecule has 2 aromatic carbocycles. The first-order chi connectivity index (χ1) is 23.8. The third kappa shape index (κ3) is 7.49. The minimum atomic E-state index is -0.565. The normalized spacial score (nSPS) is 19.8. The molecule has 2 amide bonds. The number of hydrogen-bond acceptors (Lipinski definition) is 6. The summed E-state index contributed by atoms with van der Waals surface area (Å²) >= 11 is 0. The monoisotopic (exact) mass is 676 g/mol. The van der Waals surface area contributed by atoms with Crippen LogP contribution in [0, 0.1) is 5.92 Å². The van der Waals surface area contributed by atoms with Gasteiger partial charge < -0.3 is 19.4 Å². The van der Waals surface area contributed by atoms with Gasteiger partial charge >= 0.3 is 12.2 Å². The van der Waals surface area contributed by atoms with Crippen molar-refractivity contribution in [1.82, 2.24) is 29.7 Å². The Bertz CT molecular complexity index is 1870. The van der Waals surface area contributed by atoms with Gasteiger partial charge in [-0.15, -0.1) is 0 Å². The minimum Gasteiger partial charge on any atom is -0.444 e. The second kappa shape index (κ2) is 13.1. The number of ether oxygens (including phenoxy) is 2. The van der Waals surface area contributed by atoms with Crippen LogP contribution in [-0.2, 0) is 9.47 Å². The van der Waals surface area contributed by atoms with Crippen molar-refractivity contribution >= 4 is 12.2 Å². The van der Waals surface area contributed by atoms with E-state index < -0.39 is 11.2 Å². The van der Waals surface area contributed by atoms with Gasteiger partial charge in [0.15, 0.2) is 0 Å². The number of carbonyl (C=O) groups is 2. The van der Waals surface area contributed by atoms with Gasteiger partial charge in [0, 0.05) is 13.1 Å². The van der Waals surface area contributed by atoms with Crippen LogP contribution < -0.4 is 0 Å². The maximum atomic E-state index is 13.1. The quantitative estimate of drug-likeness (QED) is 0.197. The van der Waals surface area contributed by atoms with E-state index >= 15 is 0 Å². The lowest BCUT2D eigenvalue weighted by atomic mass is 10.0. The first-order valence-corrected chi connectivity index (χ1v) is 17.8. The Labute approximate surface area is 294 Å². The minimum absolute atomic E-state index is 0.130. The number of aromatic amines is 2. The fourth-order valence-corrected chi connectivity index (χ4v) is 6.81. The van der Waals surface area contributed by atoms with E-state index in [9.17, 15) is 9.59 Å². The molecule has 1 aliphatic carbocycles. The van der Waals surface area contributed by atoms with Gasteiger partial charge in [-0.3, -0.25) is 9.80 Å². The highest BCUT2D eigenvalue weighted by molar-refractivity contribution is 5.73. The van der Waals surface area contributed by atoms with Gasteiger partial charge in [-0.2, -0.15) is 0 Å². The molecular weight excluding hydrogens is 628 g/mol. The molecule has 0 bridgehead atoms. The van der Waals surface area contributed by atoms with E-state index in [1.807, 2.05) is 58.8 Å². The lowest BCUT2D eigenvalue weighted by Crippen LogP contribution is -2.42. The van der Waals surface area contributed by atoms with Crippen molar-refractivity contribution in [3.8, 4) is 33.6 Å². The van der Waals surface area contributed by atoms with E-state index in [0.717, 1.165) is 64.6 Å². The van der Waals surface area contributed by atoms with Crippen LogP contribution in [-0.4, -0.2) is 66.2 Å². The number of nitrogens with one attached hydrogen (secondary N) is 2. The molecule has 1 saturated carbocycles. The fraction of sp³-hybridized carbons (Fsp3) is 0.450. The van der Waals surface area contributed by atoms with Crippen LogP contribution in [0.25, 0.3) is 33.6 Å². The summed E-state index contributed by atoms with van der Waals surface area (Å²) in [5.41, 5.74) is 6.26. The van der Waals surface area contributed by atoms with Crippen molar-refractivity contribution in [2.75, 3.05) is 13.1 Å². The number of imidazole rings is 2. The Morgan fingerprint density at radius 1 is 0.680 bits per heavy atom. The van der Waals surface area contributed by atoms with Gasteiger partial charge in [-0.1, -0.05) is 54.6 Å². The highest BCUT2D eigenvalue weighted by Gasteiger charge is 2.39. The number of carbonyl (C=O) groups excluding carboxylic acids is 2. The van der Waals surface area contributed by atoms with Gasteiger partial charge in [-0.25, -0.2) is 19.6 Å². The molecule has 4 aromatic rings. The van der Waals surface area contributed by atoms with E-state index in [1.165, 1.54) is 18.4 Å². The first-order valence-electron chi connectivity index (χ1n) is 17.8. The molecule has 10 nitrogen and oxygen atoms in total. The Morgan fingerprint density at radius 3 is 1.72 bits per heavy atom. The molecule has 3 aliphatic rings. The second-order valence-corrected chi connectivity index (χ2v) is 15.8. The molecule has 50 heavy (non-hydrogen) atoms. The second-order valence-electron chi connectivity index (χ2n) is 15.8. The topological polar surface area (TPSA) is 116 Å². The standard InChI is InChI=1S/C40H48N6O4/c1-39(2,3)49-37(47)45-20-8-7-9-33(45)35-41-22-31(43-35)28-16-12-25(13-17-28)26-14-18-29(19-15-26)32-23-42-36(44-32)34-21-30(27-10-11-27)24-46(34)38(48)50-40(4,5)6/h12-19,21-23,27,33-34H,7-11,20,24H2,1-6H3,(H,41,43)(H,42,44). The number of hydrogen-bond donors (Lipinski definition) is 2. The molecule has 2 N–H and O–H groups in total. The predicted octanol–water partition coefficient (Wildman–Crippen LogP) is 9.22. The molecule has 0 spiro atoms. The molecule has 2 fully saturated rings. The first kappa shape index (κ1) is 33.6. The summed E-state index contributed by atoms with van der Waals surface area (Å²) in [6.07, 6.45) is 10.5. The summed E-state index contributed by atoms with van der Waals surface area (Å²) in [5, 5.41) is 0. The van der Waals surface area contributed by atoms with Crippen molar-refractivity contribution in [2.45, 2.75) is 96.9 Å². The molecule has 2 aliphatic heterocycles. The van der Waals surface area contributed by atoms with E-state index in [4.69, 9.17) is 19.4 Å². The number of amides is 2. The zero-order valence-corrected chi connectivity index (χ0v) is 30.0. The molecule has 2 unspecified atom stereocenters. The maximum Gasteiger partial charge on any atom is 0.411 e. The third-order valence-electron chi connectivity index (χ3n) is 9.43. The van der Waals surface area contributed by atoms with Crippen molar-refractivity contribution in [3.63, 3.8) is 0 Å². The number of rotatable bonds is 6. The molecule has 1 saturated heterocycles. The summed E-state index contributed by atoms with van der Waals surface area (Å²) in [6.45, 7) is 12.6. The number of likely N-dealkylation sites (tertiary alicyclic amines) is 1. The molecule has 2 aromatic heterocycles. The SMILES string of the molecule is CC(C)(C)OC(=O)N1CC(C2CC2)=CC1c1ncc(-c2ccc(-c3ccc(-c4cnc(C5CCCCN5C(=O)OC(C)(C)C)[nH]4)cc3)cc2)[nH]1. The number of aromatic nitrogens is 4. The zero-order valence-electron chi connectivity index (χ0n) is 30.0. The molecule has 4 heterocycles. The number of benzene rings is 2. The van der Waals surface area contributed by atoms with Crippen LogP contribution in [0.3, 0.4) is 0 Å². The summed E-state index contributed by atoms with van der Waals surface area (Å²) in [7, 11) is 0. The lowest BCUT2D eigenvalue weighted by Gasteiger charge is -2.35. The van der Waals surface area contributed by atoms with Gasteiger partial charge in [0.05, 0.1) is 29.8 Å². The number of piperidine rings is 1. The van der Waals surface area contributed by atoms with Gasteiger partial charge in [0.25, 0.3) is 0 Å². The maximum absolute atomic E-state index is 13.1. The van der Waals surface area contributed by atoms with Crippen molar-refractivity contribution in [3.05, 3.63) is 84.2 Å². The van der Waals surface area contributed by atoms with Crippen LogP contribution >= 0.6 is 0 Å². The summed E-state index contributed by atoms with van der Waals surface area (Å²) < 4.78 is 11.4. The van der Waals surface area contributed by atoms with Crippen LogP contribution in [0.1, 0.15) is 97.4 Å². The smallest absolute Gasteiger partial charge is 0.411 e. The summed E-state index contributed by atoms with van der Waals surface area (Å²) in [4.78, 5) is 46.0. The van der Waals surface area contributed by atoms with E-state index in [2.05, 4.69) is 64.6 Å². The van der Waals surface area contributed by atoms with E-state index in [-0.39, 0.29) is 24.3 Å². The molecule has 2 atom stereocenters. The van der Waals surface area contributed by atoms with Gasteiger partial charge in [0.1, 0.15) is 28.9 Å². The fourth-order valence-electron chi connectivity index (χ4n) is 6.81. The number of nitrogens with zero attached hydrogens (tertiary/aromatic N) is 4. The van der Waals surface area contributed by atoms with Crippen molar-refractivity contribution in [2.24, 2.45) is 5.92 Å². The van der Waals surface area contributed by atoms with Crippen molar-refractivity contribution < 1.29 is 19.1 Å². The number of H-pyrrole nitrogens is 2. The van der Waals surface area contributed by atoms with E-state index in [0.29, 0.717) is 19.0 Å². The van der Waals surface area contributed by atoms with Crippen LogP contribution in [0.2, 0.25) is 0 Å². The molecule has 0 radical (unpaired) electrons. The third-order valence-corrected chi connectivity index (χ3v) is 9.43. The van der Waals surface area contributed by atoms with E-state index in [1.54, 1.807) is 4.90 Å². The van der Waals surface area contributed by atoms with Crippen LogP contribution in [0.4, 0.5) is 9.59 Å². The highest BCUT2D eigenvalue weighted by Crippen LogP contribution is 2.43. The Hall–Kier alpha value is -4.86. The zero-order chi connectivity index (χ0) is 35.2. The van der Waals surface area contributed by atoms with Gasteiger partial charge in [0.2, 0.25) is 0 Å². The van der Waals surface area contributed by atoms with Crippen LogP contribution in [0.5, 0.6) is 0 Å². The average Bonchev–Trinajstić information content (AvgIpc) is 3.44. The van der Waals surface area contributed by atoms with Gasteiger partial charge in [-0.05, 0) is 107 Å². The largest absolute Gasteiger partial charge is 0.444 e.